The molecule has 34 heavy (non-hydrogen) atoms. The second-order valence-corrected chi connectivity index (χ2v) is 11.5. The fourth-order valence-corrected chi connectivity index (χ4v) is 8.90. The zero-order valence-corrected chi connectivity index (χ0v) is 20.7. The van der Waals surface area contributed by atoms with E-state index in [-0.39, 0.29) is 0 Å². The molecular formula is C30H26O3Si. The average Bonchev–Trinajstić information content (AvgIpc) is 2.87. The third kappa shape index (κ3) is 2.46. The summed E-state index contributed by atoms with van der Waals surface area (Å²) in [5.74, 6) is 0. The number of rotatable bonds is 7. The quantitative estimate of drug-likeness (QED) is 0.143. The molecule has 0 aromatic heterocycles. The predicted molar refractivity (Wildman–Crippen MR) is 145 cm³/mol. The van der Waals surface area contributed by atoms with Gasteiger partial charge in [-0.1, -0.05) is 60.7 Å². The van der Waals surface area contributed by atoms with Crippen molar-refractivity contribution in [1.29, 1.82) is 0 Å². The molecule has 0 spiro atoms. The monoisotopic (exact) mass is 462 g/mol. The number of hydrogen-bond donors (Lipinski definition) is 0. The van der Waals surface area contributed by atoms with E-state index in [1.165, 1.54) is 64.6 Å². The molecule has 0 atom stereocenters. The molecule has 0 saturated heterocycles. The van der Waals surface area contributed by atoms with Gasteiger partial charge in [-0.05, 0) is 91.5 Å². The molecule has 0 bridgehead atoms. The smallest absolute Gasteiger partial charge is 0.370 e. The summed E-state index contributed by atoms with van der Waals surface area (Å²) in [6.07, 6.45) is 0. The van der Waals surface area contributed by atoms with Crippen molar-refractivity contribution in [2.24, 2.45) is 0 Å². The van der Waals surface area contributed by atoms with Crippen molar-refractivity contribution >= 4 is 78.6 Å². The Balaban J connectivity index is 1.78. The van der Waals surface area contributed by atoms with Gasteiger partial charge in [0.1, 0.15) is 0 Å². The second-order valence-electron chi connectivity index (χ2n) is 9.02. The molecule has 4 heteroatoms. The van der Waals surface area contributed by atoms with Crippen LogP contribution in [0.15, 0.2) is 66.7 Å². The Bertz CT molecular complexity index is 1730. The molecule has 0 fully saturated rings. The molecule has 7 aromatic carbocycles. The highest BCUT2D eigenvalue weighted by atomic mass is 28.4. The minimum atomic E-state index is -3.12. The van der Waals surface area contributed by atoms with Crippen molar-refractivity contribution in [3.8, 4) is 0 Å². The summed E-state index contributed by atoms with van der Waals surface area (Å²) in [5.41, 5.74) is 0. The Morgan fingerprint density at radius 3 is 1.26 bits per heavy atom. The van der Waals surface area contributed by atoms with Crippen LogP contribution in [0.3, 0.4) is 0 Å². The molecule has 3 nitrogen and oxygen atoms in total. The number of hydrogen-bond acceptors (Lipinski definition) is 3. The molecule has 0 N–H and O–H groups in total. The maximum atomic E-state index is 6.40. The molecule has 0 unspecified atom stereocenters. The van der Waals surface area contributed by atoms with Crippen molar-refractivity contribution in [2.45, 2.75) is 20.8 Å². The first-order valence-electron chi connectivity index (χ1n) is 12.2. The van der Waals surface area contributed by atoms with Gasteiger partial charge < -0.3 is 13.3 Å². The third-order valence-corrected chi connectivity index (χ3v) is 10.4. The summed E-state index contributed by atoms with van der Waals surface area (Å²) in [6, 6.07) is 24.9. The van der Waals surface area contributed by atoms with Crippen molar-refractivity contribution in [2.75, 3.05) is 19.8 Å². The van der Waals surface area contributed by atoms with E-state index < -0.39 is 8.80 Å². The van der Waals surface area contributed by atoms with Crippen LogP contribution in [-0.2, 0) is 13.3 Å². The largest absolute Gasteiger partial charge is 0.537 e. The number of benzene rings is 7. The Labute approximate surface area is 199 Å². The van der Waals surface area contributed by atoms with Gasteiger partial charge in [-0.2, -0.15) is 0 Å². The van der Waals surface area contributed by atoms with Gasteiger partial charge in [-0.25, -0.2) is 0 Å². The van der Waals surface area contributed by atoms with Crippen LogP contribution in [0.1, 0.15) is 20.8 Å². The van der Waals surface area contributed by atoms with E-state index in [9.17, 15) is 0 Å². The van der Waals surface area contributed by atoms with Crippen LogP contribution >= 0.6 is 0 Å². The summed E-state index contributed by atoms with van der Waals surface area (Å²) in [5, 5.41) is 16.7. The lowest BCUT2D eigenvalue weighted by Gasteiger charge is -2.31. The van der Waals surface area contributed by atoms with Gasteiger partial charge in [0.25, 0.3) is 0 Å². The molecule has 0 aliphatic carbocycles. The Morgan fingerprint density at radius 1 is 0.471 bits per heavy atom. The predicted octanol–water partition coefficient (Wildman–Crippen LogP) is 7.17. The van der Waals surface area contributed by atoms with Crippen LogP contribution in [-0.4, -0.2) is 28.6 Å². The van der Waals surface area contributed by atoms with Gasteiger partial charge in [-0.3, -0.25) is 0 Å². The highest BCUT2D eigenvalue weighted by Gasteiger charge is 2.45. The molecule has 0 radical (unpaired) electrons. The van der Waals surface area contributed by atoms with Crippen molar-refractivity contribution < 1.29 is 13.3 Å². The summed E-state index contributed by atoms with van der Waals surface area (Å²) in [6.45, 7) is 7.70. The fourth-order valence-electron chi connectivity index (χ4n) is 6.17. The van der Waals surface area contributed by atoms with E-state index in [0.29, 0.717) is 19.8 Å². The average molecular weight is 463 g/mol. The van der Waals surface area contributed by atoms with Gasteiger partial charge in [0.05, 0.1) is 0 Å². The van der Waals surface area contributed by atoms with Crippen LogP contribution in [0.25, 0.3) is 64.6 Å². The maximum absolute atomic E-state index is 6.40. The lowest BCUT2D eigenvalue weighted by molar-refractivity contribution is 0.0862. The topological polar surface area (TPSA) is 27.7 Å². The maximum Gasteiger partial charge on any atom is 0.537 e. The third-order valence-electron chi connectivity index (χ3n) is 7.34. The van der Waals surface area contributed by atoms with Gasteiger partial charge >= 0.3 is 8.80 Å². The SMILES string of the molecule is CCO[Si](OCC)(OCC)c1cc2ccc3ccc4ccc5ccc6ccc1c1c6c5c4c3c21. The van der Waals surface area contributed by atoms with Crippen LogP contribution in [0.5, 0.6) is 0 Å². The molecule has 0 saturated carbocycles. The lowest BCUT2D eigenvalue weighted by Crippen LogP contribution is -2.57. The van der Waals surface area contributed by atoms with E-state index >= 15 is 0 Å². The Hall–Kier alpha value is -3.02. The lowest BCUT2D eigenvalue weighted by atomic mass is 9.83. The second kappa shape index (κ2) is 7.24. The minimum absolute atomic E-state index is 0.546. The molecule has 0 aliphatic rings. The zero-order chi connectivity index (χ0) is 23.0. The normalized spacial score (nSPS) is 13.3. The van der Waals surface area contributed by atoms with Crippen LogP contribution in [0.2, 0.25) is 0 Å². The van der Waals surface area contributed by atoms with E-state index in [1.807, 2.05) is 20.8 Å². The first-order valence-corrected chi connectivity index (χ1v) is 14.0. The zero-order valence-electron chi connectivity index (χ0n) is 19.7. The molecule has 168 valence electrons. The van der Waals surface area contributed by atoms with E-state index in [4.69, 9.17) is 13.3 Å². The van der Waals surface area contributed by atoms with Crippen LogP contribution in [0, 0.1) is 0 Å². The van der Waals surface area contributed by atoms with Gasteiger partial charge in [-0.15, -0.1) is 0 Å². The molecule has 0 heterocycles. The molecule has 7 aromatic rings. The van der Waals surface area contributed by atoms with E-state index in [2.05, 4.69) is 66.7 Å². The highest BCUT2D eigenvalue weighted by molar-refractivity contribution is 6.78. The van der Waals surface area contributed by atoms with E-state index in [0.717, 1.165) is 5.19 Å². The standard InChI is InChI=1S/C30H26O3Si/c1-4-31-34(32-5-2,33-6-3)24-17-22-14-13-20-10-8-18-7-9-19-11-12-21-15-16-23(24)30-28(21)26(19)25(18)27(20)29(22)30/h7-17H,4-6H2,1-3H3. The molecule has 0 amide bonds. The van der Waals surface area contributed by atoms with Crippen molar-refractivity contribution in [1.82, 2.24) is 0 Å². The summed E-state index contributed by atoms with van der Waals surface area (Å²) < 4.78 is 19.2. The Morgan fingerprint density at radius 2 is 0.824 bits per heavy atom. The van der Waals surface area contributed by atoms with Gasteiger partial charge in [0.2, 0.25) is 0 Å². The van der Waals surface area contributed by atoms with Crippen molar-refractivity contribution in [3.05, 3.63) is 66.7 Å². The summed E-state index contributed by atoms with van der Waals surface area (Å²) >= 11 is 0. The molecular weight excluding hydrogens is 436 g/mol. The first kappa shape index (κ1) is 20.4. The Kier molecular flexibility index (Phi) is 4.33. The first-order chi connectivity index (χ1) is 16.7. The summed E-state index contributed by atoms with van der Waals surface area (Å²) in [4.78, 5) is 0. The van der Waals surface area contributed by atoms with Crippen LogP contribution in [0.4, 0.5) is 0 Å². The van der Waals surface area contributed by atoms with Crippen LogP contribution < -0.4 is 5.19 Å². The molecule has 7 rings (SSSR count). The van der Waals surface area contributed by atoms with Gasteiger partial charge in [0.15, 0.2) is 0 Å². The highest BCUT2D eigenvalue weighted by Crippen LogP contribution is 2.48. The van der Waals surface area contributed by atoms with Gasteiger partial charge in [0, 0.05) is 25.0 Å². The fraction of sp³-hybridized carbons (Fsp3) is 0.200. The molecule has 0 aliphatic heterocycles. The van der Waals surface area contributed by atoms with Crippen molar-refractivity contribution in [3.63, 3.8) is 0 Å². The summed E-state index contributed by atoms with van der Waals surface area (Å²) in [7, 11) is -3.12. The minimum Gasteiger partial charge on any atom is -0.370 e. The van der Waals surface area contributed by atoms with E-state index in [1.54, 1.807) is 0 Å².